The zero-order valence-electron chi connectivity index (χ0n) is 13.3. The SMILES string of the molecule is CCN(CC(=O)Nc1ccc(-n2cncn2)nc1)c1ccccc1. The lowest BCUT2D eigenvalue weighted by molar-refractivity contribution is -0.115. The molecule has 0 unspecified atom stereocenters. The molecule has 3 aromatic rings. The van der Waals surface area contributed by atoms with E-state index in [1.807, 2.05) is 42.2 Å². The number of hydrogen-bond donors (Lipinski definition) is 1. The summed E-state index contributed by atoms with van der Waals surface area (Å²) in [6.07, 6.45) is 4.62. The zero-order valence-corrected chi connectivity index (χ0v) is 13.3. The van der Waals surface area contributed by atoms with Crippen molar-refractivity contribution in [3.63, 3.8) is 0 Å². The van der Waals surface area contributed by atoms with Gasteiger partial charge < -0.3 is 10.2 Å². The first-order valence-corrected chi connectivity index (χ1v) is 7.67. The number of hydrogen-bond acceptors (Lipinski definition) is 5. The van der Waals surface area contributed by atoms with Gasteiger partial charge in [-0.2, -0.15) is 5.10 Å². The number of amides is 1. The fraction of sp³-hybridized carbons (Fsp3) is 0.176. The lowest BCUT2D eigenvalue weighted by Crippen LogP contribution is -2.33. The Bertz CT molecular complexity index is 771. The van der Waals surface area contributed by atoms with Crippen LogP contribution < -0.4 is 10.2 Å². The van der Waals surface area contributed by atoms with Crippen LogP contribution in [0.15, 0.2) is 61.3 Å². The molecule has 24 heavy (non-hydrogen) atoms. The Kier molecular flexibility index (Phi) is 4.81. The molecule has 3 rings (SSSR count). The van der Waals surface area contributed by atoms with Crippen LogP contribution in [-0.2, 0) is 4.79 Å². The smallest absolute Gasteiger partial charge is 0.243 e. The van der Waals surface area contributed by atoms with Gasteiger partial charge in [0, 0.05) is 12.2 Å². The maximum Gasteiger partial charge on any atom is 0.243 e. The molecule has 2 heterocycles. The summed E-state index contributed by atoms with van der Waals surface area (Å²) in [4.78, 5) is 22.4. The Morgan fingerprint density at radius 1 is 1.21 bits per heavy atom. The number of rotatable bonds is 6. The van der Waals surface area contributed by atoms with E-state index in [1.165, 1.54) is 6.33 Å². The van der Waals surface area contributed by atoms with Crippen LogP contribution in [0.2, 0.25) is 0 Å². The normalized spacial score (nSPS) is 10.4. The minimum atomic E-state index is -0.0870. The van der Waals surface area contributed by atoms with Crippen LogP contribution >= 0.6 is 0 Å². The van der Waals surface area contributed by atoms with Crippen molar-refractivity contribution in [1.82, 2.24) is 19.7 Å². The summed E-state index contributed by atoms with van der Waals surface area (Å²) in [5.74, 6) is 0.556. The van der Waals surface area contributed by atoms with Gasteiger partial charge in [-0.1, -0.05) is 18.2 Å². The molecule has 1 amide bonds. The monoisotopic (exact) mass is 322 g/mol. The molecular weight excluding hydrogens is 304 g/mol. The molecule has 0 atom stereocenters. The third kappa shape index (κ3) is 3.75. The number of anilines is 2. The molecule has 0 saturated heterocycles. The second-order valence-corrected chi connectivity index (χ2v) is 5.14. The lowest BCUT2D eigenvalue weighted by atomic mass is 10.3. The van der Waals surface area contributed by atoms with Crippen LogP contribution in [0.25, 0.3) is 5.82 Å². The van der Waals surface area contributed by atoms with E-state index in [0.717, 1.165) is 12.2 Å². The van der Waals surface area contributed by atoms with E-state index in [2.05, 4.69) is 20.4 Å². The molecule has 0 aliphatic heterocycles. The van der Waals surface area contributed by atoms with Gasteiger partial charge in [-0.05, 0) is 31.2 Å². The molecule has 122 valence electrons. The number of carbonyl (C=O) groups is 1. The highest BCUT2D eigenvalue weighted by molar-refractivity contribution is 5.93. The van der Waals surface area contributed by atoms with Crippen LogP contribution in [0.1, 0.15) is 6.92 Å². The quantitative estimate of drug-likeness (QED) is 0.752. The Labute approximate surface area is 140 Å². The minimum Gasteiger partial charge on any atom is -0.362 e. The van der Waals surface area contributed by atoms with E-state index in [1.54, 1.807) is 29.3 Å². The largest absolute Gasteiger partial charge is 0.362 e. The molecule has 0 radical (unpaired) electrons. The predicted octanol–water partition coefficient (Wildman–Crippen LogP) is 2.13. The van der Waals surface area contributed by atoms with E-state index in [-0.39, 0.29) is 12.5 Å². The molecule has 2 aromatic heterocycles. The number of likely N-dealkylation sites (N-methyl/N-ethyl adjacent to an activating group) is 1. The molecule has 1 N–H and O–H groups in total. The van der Waals surface area contributed by atoms with E-state index >= 15 is 0 Å². The molecule has 0 aliphatic rings. The van der Waals surface area contributed by atoms with Crippen molar-refractivity contribution in [2.24, 2.45) is 0 Å². The van der Waals surface area contributed by atoms with Crippen LogP contribution in [0.3, 0.4) is 0 Å². The third-order valence-corrected chi connectivity index (χ3v) is 3.52. The van der Waals surface area contributed by atoms with E-state index in [4.69, 9.17) is 0 Å². The molecule has 7 heteroatoms. The molecule has 0 spiro atoms. The molecular formula is C17H18N6O. The van der Waals surface area contributed by atoms with Crippen molar-refractivity contribution >= 4 is 17.3 Å². The molecule has 7 nitrogen and oxygen atoms in total. The van der Waals surface area contributed by atoms with Crippen molar-refractivity contribution in [3.8, 4) is 5.82 Å². The molecule has 0 aliphatic carbocycles. The van der Waals surface area contributed by atoms with Gasteiger partial charge in [0.05, 0.1) is 18.4 Å². The van der Waals surface area contributed by atoms with Gasteiger partial charge in [0.1, 0.15) is 12.7 Å². The van der Waals surface area contributed by atoms with Crippen LogP contribution in [0.4, 0.5) is 11.4 Å². The van der Waals surface area contributed by atoms with Crippen molar-refractivity contribution in [2.75, 3.05) is 23.3 Å². The predicted molar refractivity (Wildman–Crippen MR) is 92.1 cm³/mol. The van der Waals surface area contributed by atoms with Gasteiger partial charge >= 0.3 is 0 Å². The highest BCUT2D eigenvalue weighted by Gasteiger charge is 2.10. The van der Waals surface area contributed by atoms with Gasteiger partial charge in [0.15, 0.2) is 5.82 Å². The minimum absolute atomic E-state index is 0.0870. The van der Waals surface area contributed by atoms with Crippen LogP contribution in [0, 0.1) is 0 Å². The van der Waals surface area contributed by atoms with Crippen molar-refractivity contribution in [1.29, 1.82) is 0 Å². The molecule has 0 fully saturated rings. The van der Waals surface area contributed by atoms with Crippen LogP contribution in [-0.4, -0.2) is 38.7 Å². The van der Waals surface area contributed by atoms with Crippen LogP contribution in [0.5, 0.6) is 0 Å². The summed E-state index contributed by atoms with van der Waals surface area (Å²) < 4.78 is 1.56. The summed E-state index contributed by atoms with van der Waals surface area (Å²) in [5.41, 5.74) is 1.67. The average molecular weight is 322 g/mol. The Morgan fingerprint density at radius 2 is 2.04 bits per heavy atom. The number of aromatic nitrogens is 4. The maximum absolute atomic E-state index is 12.3. The van der Waals surface area contributed by atoms with E-state index in [9.17, 15) is 4.79 Å². The first kappa shape index (κ1) is 15.7. The highest BCUT2D eigenvalue weighted by Crippen LogP contribution is 2.13. The number of pyridine rings is 1. The fourth-order valence-corrected chi connectivity index (χ4v) is 2.32. The molecule has 1 aromatic carbocycles. The first-order valence-electron chi connectivity index (χ1n) is 7.67. The van der Waals surface area contributed by atoms with Crippen molar-refractivity contribution in [3.05, 3.63) is 61.3 Å². The Balaban J connectivity index is 1.62. The second kappa shape index (κ2) is 7.36. The number of nitrogens with zero attached hydrogens (tertiary/aromatic N) is 5. The second-order valence-electron chi connectivity index (χ2n) is 5.14. The summed E-state index contributed by atoms with van der Waals surface area (Å²) in [7, 11) is 0. The standard InChI is InChI=1S/C17H18N6O/c1-2-22(15-6-4-3-5-7-15)11-17(24)21-14-8-9-16(19-10-14)23-13-18-12-20-23/h3-10,12-13H,2,11H2,1H3,(H,21,24). The van der Waals surface area contributed by atoms with Gasteiger partial charge in [0.2, 0.25) is 5.91 Å². The molecule has 0 saturated carbocycles. The number of nitrogens with one attached hydrogen (secondary N) is 1. The van der Waals surface area contributed by atoms with E-state index < -0.39 is 0 Å². The fourth-order valence-electron chi connectivity index (χ4n) is 2.32. The summed E-state index contributed by atoms with van der Waals surface area (Å²) in [6, 6.07) is 13.4. The number of benzene rings is 1. The summed E-state index contributed by atoms with van der Waals surface area (Å²) >= 11 is 0. The van der Waals surface area contributed by atoms with E-state index in [0.29, 0.717) is 11.5 Å². The summed E-state index contributed by atoms with van der Waals surface area (Å²) in [6.45, 7) is 3.06. The van der Waals surface area contributed by atoms with Gasteiger partial charge in [-0.15, -0.1) is 0 Å². The van der Waals surface area contributed by atoms with Crippen molar-refractivity contribution < 1.29 is 4.79 Å². The average Bonchev–Trinajstić information content (AvgIpc) is 3.16. The van der Waals surface area contributed by atoms with Gasteiger partial charge in [0.25, 0.3) is 0 Å². The maximum atomic E-state index is 12.3. The van der Waals surface area contributed by atoms with Crippen molar-refractivity contribution in [2.45, 2.75) is 6.92 Å². The lowest BCUT2D eigenvalue weighted by Gasteiger charge is -2.22. The molecule has 0 bridgehead atoms. The third-order valence-electron chi connectivity index (χ3n) is 3.52. The Hall–Kier alpha value is -3.22. The zero-order chi connectivity index (χ0) is 16.8. The highest BCUT2D eigenvalue weighted by atomic mass is 16.2. The van der Waals surface area contributed by atoms with Gasteiger partial charge in [-0.25, -0.2) is 14.6 Å². The summed E-state index contributed by atoms with van der Waals surface area (Å²) in [5, 5.41) is 6.87. The first-order chi connectivity index (χ1) is 11.8. The Morgan fingerprint density at radius 3 is 2.67 bits per heavy atom. The number of para-hydroxylation sites is 1. The van der Waals surface area contributed by atoms with Gasteiger partial charge in [-0.3, -0.25) is 4.79 Å². The number of carbonyl (C=O) groups excluding carboxylic acids is 1. The topological polar surface area (TPSA) is 75.9 Å².